The Bertz CT molecular complexity index is 435. The number of pyridine rings is 1. The van der Waals surface area contributed by atoms with E-state index in [2.05, 4.69) is 35.4 Å². The van der Waals surface area contributed by atoms with E-state index in [4.69, 9.17) is 0 Å². The number of aromatic nitrogens is 1. The smallest absolute Gasteiger partial charge is 0.0603 e. The molecule has 1 N–H and O–H groups in total. The van der Waals surface area contributed by atoms with Gasteiger partial charge in [-0.2, -0.15) is 0 Å². The zero-order valence-corrected chi connectivity index (χ0v) is 7.83. The highest BCUT2D eigenvalue weighted by Gasteiger charge is 1.98. The van der Waals surface area contributed by atoms with Gasteiger partial charge >= 0.3 is 0 Å². The van der Waals surface area contributed by atoms with Crippen LogP contribution >= 0.6 is 0 Å². The lowest BCUT2D eigenvalue weighted by Crippen LogP contribution is -1.90. The Hall–Kier alpha value is -1.57. The number of nitrogens with zero attached hydrogens (tertiary/aromatic N) is 1. The third-order valence-corrected chi connectivity index (χ3v) is 2.19. The number of hydrogen-bond donors (Lipinski definition) is 1. The minimum absolute atomic E-state index is 1.08. The van der Waals surface area contributed by atoms with Gasteiger partial charge < -0.3 is 5.32 Å². The molecule has 0 aliphatic rings. The predicted octanol–water partition coefficient (Wildman–Crippen LogP) is 2.58. The van der Waals surface area contributed by atoms with Crippen molar-refractivity contribution in [2.75, 3.05) is 12.4 Å². The van der Waals surface area contributed by atoms with Crippen LogP contribution in [0.25, 0.3) is 10.8 Å². The molecule has 66 valence electrons. The zero-order chi connectivity index (χ0) is 9.26. The molecule has 0 radical (unpaired) electrons. The maximum atomic E-state index is 4.15. The largest absolute Gasteiger partial charge is 0.386 e. The summed E-state index contributed by atoms with van der Waals surface area (Å²) in [6.45, 7) is 2.10. The number of nitrogens with one attached hydrogen (secondary N) is 1. The van der Waals surface area contributed by atoms with E-state index in [1.54, 1.807) is 0 Å². The first-order valence-electron chi connectivity index (χ1n) is 4.33. The lowest BCUT2D eigenvalue weighted by Gasteiger charge is -2.05. The van der Waals surface area contributed by atoms with E-state index in [9.17, 15) is 0 Å². The fourth-order valence-electron chi connectivity index (χ4n) is 1.48. The number of rotatable bonds is 1. The molecule has 0 unspecified atom stereocenters. The Balaban J connectivity index is 2.79. The normalized spacial score (nSPS) is 10.3. The Morgan fingerprint density at radius 3 is 2.85 bits per heavy atom. The van der Waals surface area contributed by atoms with E-state index in [1.807, 2.05) is 19.4 Å². The summed E-state index contributed by atoms with van der Waals surface area (Å²) in [4.78, 5) is 4.15. The van der Waals surface area contributed by atoms with Gasteiger partial charge in [0, 0.05) is 24.0 Å². The molecule has 0 saturated carbocycles. The molecule has 2 nitrogen and oxygen atoms in total. The molecule has 2 heteroatoms. The molecule has 0 amide bonds. The summed E-state index contributed by atoms with van der Waals surface area (Å²) in [6, 6.07) is 6.37. The minimum Gasteiger partial charge on any atom is -0.386 e. The highest BCUT2D eigenvalue weighted by atomic mass is 14.8. The molecule has 2 rings (SSSR count). The highest BCUT2D eigenvalue weighted by molar-refractivity contribution is 5.93. The first-order chi connectivity index (χ1) is 6.31. The molecule has 1 aromatic heterocycles. The average molecular weight is 172 g/mol. The van der Waals surface area contributed by atoms with Gasteiger partial charge in [0.25, 0.3) is 0 Å². The second kappa shape index (κ2) is 3.05. The maximum Gasteiger partial charge on any atom is 0.0603 e. The van der Waals surface area contributed by atoms with Crippen molar-refractivity contribution < 1.29 is 0 Å². The second-order valence-electron chi connectivity index (χ2n) is 3.16. The van der Waals surface area contributed by atoms with E-state index >= 15 is 0 Å². The van der Waals surface area contributed by atoms with Crippen LogP contribution in [0.1, 0.15) is 5.56 Å². The number of benzene rings is 1. The summed E-state index contributed by atoms with van der Waals surface area (Å²) in [5.74, 6) is 0. The van der Waals surface area contributed by atoms with Crippen LogP contribution in [0.3, 0.4) is 0 Å². The average Bonchev–Trinajstić information content (AvgIpc) is 2.17. The summed E-state index contributed by atoms with van der Waals surface area (Å²) in [5, 5.41) is 5.55. The minimum atomic E-state index is 1.08. The van der Waals surface area contributed by atoms with E-state index in [1.165, 1.54) is 16.3 Å². The van der Waals surface area contributed by atoms with Crippen LogP contribution in [0.2, 0.25) is 0 Å². The molecule has 2 aromatic rings. The third kappa shape index (κ3) is 1.35. The molecular weight excluding hydrogens is 160 g/mol. The molecule has 0 aliphatic heterocycles. The van der Waals surface area contributed by atoms with E-state index in [0.29, 0.717) is 0 Å². The summed E-state index contributed by atoms with van der Waals surface area (Å²) in [6.07, 6.45) is 3.73. The van der Waals surface area contributed by atoms with Crippen LogP contribution in [0.5, 0.6) is 0 Å². The Morgan fingerprint density at radius 1 is 1.23 bits per heavy atom. The lowest BCUT2D eigenvalue weighted by molar-refractivity contribution is 1.34. The molecule has 0 bridgehead atoms. The van der Waals surface area contributed by atoms with E-state index < -0.39 is 0 Å². The van der Waals surface area contributed by atoms with Crippen LogP contribution < -0.4 is 5.32 Å². The molecule has 0 saturated heterocycles. The summed E-state index contributed by atoms with van der Waals surface area (Å²) in [5.41, 5.74) is 2.36. The summed E-state index contributed by atoms with van der Waals surface area (Å²) in [7, 11) is 1.92. The maximum absolute atomic E-state index is 4.15. The molecule has 1 aromatic carbocycles. The van der Waals surface area contributed by atoms with Crippen LogP contribution in [-0.4, -0.2) is 12.0 Å². The van der Waals surface area contributed by atoms with Gasteiger partial charge in [-0.1, -0.05) is 17.7 Å². The van der Waals surface area contributed by atoms with E-state index in [0.717, 1.165) is 5.69 Å². The molecular formula is C11H12N2. The van der Waals surface area contributed by atoms with E-state index in [-0.39, 0.29) is 0 Å². The fourth-order valence-corrected chi connectivity index (χ4v) is 1.48. The summed E-state index contributed by atoms with van der Waals surface area (Å²) >= 11 is 0. The van der Waals surface area contributed by atoms with Crippen LogP contribution in [-0.2, 0) is 0 Å². The van der Waals surface area contributed by atoms with Gasteiger partial charge in [-0.05, 0) is 13.0 Å². The van der Waals surface area contributed by atoms with Gasteiger partial charge in [-0.25, -0.2) is 0 Å². The van der Waals surface area contributed by atoms with Gasteiger partial charge in [0.05, 0.1) is 11.9 Å². The monoisotopic (exact) mass is 172 g/mol. The SMILES string of the molecule is CNc1cncc2ccc(C)cc12. The number of fused-ring (bicyclic) bond motifs is 1. The Morgan fingerprint density at radius 2 is 2.08 bits per heavy atom. The lowest BCUT2D eigenvalue weighted by atomic mass is 10.1. The van der Waals surface area contributed by atoms with Gasteiger partial charge in [-0.15, -0.1) is 0 Å². The van der Waals surface area contributed by atoms with Crippen molar-refractivity contribution >= 4 is 16.5 Å². The second-order valence-corrected chi connectivity index (χ2v) is 3.16. The standard InChI is InChI=1S/C11H12N2/c1-8-3-4-9-6-13-7-11(12-2)10(9)5-8/h3-7,12H,1-2H3. The Labute approximate surface area is 77.6 Å². The van der Waals surface area contributed by atoms with Crippen molar-refractivity contribution in [3.05, 3.63) is 36.2 Å². The van der Waals surface area contributed by atoms with Crippen molar-refractivity contribution in [3.63, 3.8) is 0 Å². The molecule has 0 atom stereocenters. The van der Waals surface area contributed by atoms with Crippen molar-refractivity contribution in [3.8, 4) is 0 Å². The highest BCUT2D eigenvalue weighted by Crippen LogP contribution is 2.22. The topological polar surface area (TPSA) is 24.9 Å². The van der Waals surface area contributed by atoms with Crippen molar-refractivity contribution in [1.29, 1.82) is 0 Å². The quantitative estimate of drug-likeness (QED) is 0.715. The molecule has 13 heavy (non-hydrogen) atoms. The van der Waals surface area contributed by atoms with Gasteiger partial charge in [0.1, 0.15) is 0 Å². The number of hydrogen-bond acceptors (Lipinski definition) is 2. The first kappa shape index (κ1) is 8.05. The van der Waals surface area contributed by atoms with Crippen LogP contribution in [0.4, 0.5) is 5.69 Å². The number of anilines is 1. The third-order valence-electron chi connectivity index (χ3n) is 2.19. The van der Waals surface area contributed by atoms with Gasteiger partial charge in [0.15, 0.2) is 0 Å². The predicted molar refractivity (Wildman–Crippen MR) is 56.0 cm³/mol. The van der Waals surface area contributed by atoms with Crippen molar-refractivity contribution in [1.82, 2.24) is 4.98 Å². The Kier molecular flexibility index (Phi) is 1.89. The molecule has 1 heterocycles. The number of aryl methyl sites for hydroxylation is 1. The first-order valence-corrected chi connectivity index (χ1v) is 4.33. The zero-order valence-electron chi connectivity index (χ0n) is 7.83. The molecule has 0 fully saturated rings. The van der Waals surface area contributed by atoms with Crippen molar-refractivity contribution in [2.45, 2.75) is 6.92 Å². The van der Waals surface area contributed by atoms with Gasteiger partial charge in [0.2, 0.25) is 0 Å². The molecule has 0 spiro atoms. The van der Waals surface area contributed by atoms with Crippen molar-refractivity contribution in [2.24, 2.45) is 0 Å². The fraction of sp³-hybridized carbons (Fsp3) is 0.182. The summed E-state index contributed by atoms with van der Waals surface area (Å²) < 4.78 is 0. The van der Waals surface area contributed by atoms with Crippen LogP contribution in [0, 0.1) is 6.92 Å². The molecule has 0 aliphatic carbocycles. The van der Waals surface area contributed by atoms with Gasteiger partial charge in [-0.3, -0.25) is 4.98 Å². The van der Waals surface area contributed by atoms with Crippen LogP contribution in [0.15, 0.2) is 30.6 Å².